The van der Waals surface area contributed by atoms with Crippen molar-refractivity contribution >= 4 is 28.9 Å². The Balaban J connectivity index is 2.40. The molecular weight excluding hydrogens is 303 g/mol. The van der Waals surface area contributed by atoms with E-state index in [2.05, 4.69) is 0 Å². The summed E-state index contributed by atoms with van der Waals surface area (Å²) in [7, 11) is 0. The summed E-state index contributed by atoms with van der Waals surface area (Å²) >= 11 is 11.7. The Morgan fingerprint density at radius 3 is 2.45 bits per heavy atom. The third kappa shape index (κ3) is 2.99. The molecule has 0 aliphatic carbocycles. The molecule has 0 radical (unpaired) electrons. The first-order valence-corrected chi connectivity index (χ1v) is 6.08. The van der Waals surface area contributed by atoms with Crippen LogP contribution in [-0.2, 0) is 0 Å². The summed E-state index contributed by atoms with van der Waals surface area (Å²) in [4.78, 5) is 10.3. The number of hydrogen-bond acceptors (Lipinski definition) is 4. The molecule has 0 spiro atoms. The van der Waals surface area contributed by atoms with Gasteiger partial charge in [0.25, 0.3) is 0 Å². The maximum atomic E-state index is 10.9. The first kappa shape index (κ1) is 14.1. The maximum Gasteiger partial charge on any atom is 0.313 e. The van der Waals surface area contributed by atoms with Crippen LogP contribution < -0.4 is 4.74 Å². The molecule has 0 amide bonds. The molecule has 0 saturated carbocycles. The molecule has 0 aliphatic heterocycles. The van der Waals surface area contributed by atoms with Gasteiger partial charge in [-0.25, -0.2) is 0 Å². The molecule has 2 rings (SSSR count). The second-order valence-electron chi connectivity index (χ2n) is 3.73. The standard InChI is InChI=1S/C13H6Cl2N2O3/c14-9-2-4-13(11(6-9)17(18)19)20-12-3-1-8(7-16)5-10(12)15/h1-6H. The fourth-order valence-electron chi connectivity index (χ4n) is 1.49. The van der Waals surface area contributed by atoms with Crippen LogP contribution in [0.3, 0.4) is 0 Å². The third-order valence-corrected chi connectivity index (χ3v) is 2.93. The molecule has 0 heterocycles. The maximum absolute atomic E-state index is 10.9. The second kappa shape index (κ2) is 5.78. The van der Waals surface area contributed by atoms with Crippen LogP contribution in [0.2, 0.25) is 10.0 Å². The third-order valence-electron chi connectivity index (χ3n) is 2.40. The number of hydrogen-bond donors (Lipinski definition) is 0. The Labute approximate surface area is 124 Å². The predicted octanol–water partition coefficient (Wildman–Crippen LogP) is 4.57. The summed E-state index contributed by atoms with van der Waals surface area (Å²) in [6.45, 7) is 0. The van der Waals surface area contributed by atoms with E-state index in [1.54, 1.807) is 0 Å². The van der Waals surface area contributed by atoms with E-state index in [1.807, 2.05) is 6.07 Å². The first-order valence-electron chi connectivity index (χ1n) is 5.32. The monoisotopic (exact) mass is 308 g/mol. The highest BCUT2D eigenvalue weighted by Gasteiger charge is 2.17. The topological polar surface area (TPSA) is 76.2 Å². The Bertz CT molecular complexity index is 726. The average molecular weight is 309 g/mol. The number of ether oxygens (including phenoxy) is 1. The number of benzene rings is 2. The number of nitro benzene ring substituents is 1. The molecule has 0 aromatic heterocycles. The minimum atomic E-state index is -0.598. The van der Waals surface area contributed by atoms with Crippen LogP contribution in [0, 0.1) is 21.4 Å². The van der Waals surface area contributed by atoms with Crippen LogP contribution in [0.1, 0.15) is 5.56 Å². The lowest BCUT2D eigenvalue weighted by molar-refractivity contribution is -0.385. The normalized spacial score (nSPS) is 9.85. The van der Waals surface area contributed by atoms with Crippen LogP contribution in [-0.4, -0.2) is 4.92 Å². The number of nitro groups is 1. The zero-order valence-corrected chi connectivity index (χ0v) is 11.4. The Hall–Kier alpha value is -2.29. The molecule has 2 aromatic rings. The summed E-state index contributed by atoms with van der Waals surface area (Å²) in [6.07, 6.45) is 0. The molecule has 5 nitrogen and oxygen atoms in total. The Kier molecular flexibility index (Phi) is 4.08. The molecule has 20 heavy (non-hydrogen) atoms. The fraction of sp³-hybridized carbons (Fsp3) is 0. The van der Waals surface area contributed by atoms with E-state index >= 15 is 0 Å². The van der Waals surface area contributed by atoms with Gasteiger partial charge >= 0.3 is 5.69 Å². The minimum Gasteiger partial charge on any atom is -0.449 e. The second-order valence-corrected chi connectivity index (χ2v) is 4.57. The zero-order valence-electron chi connectivity index (χ0n) is 9.84. The molecular formula is C13H6Cl2N2O3. The Morgan fingerprint density at radius 2 is 1.85 bits per heavy atom. The molecule has 0 atom stereocenters. The quantitative estimate of drug-likeness (QED) is 0.615. The highest BCUT2D eigenvalue weighted by molar-refractivity contribution is 6.32. The SMILES string of the molecule is N#Cc1ccc(Oc2ccc(Cl)cc2[N+](=O)[O-])c(Cl)c1. The van der Waals surface area contributed by atoms with Crippen molar-refractivity contribution in [3.63, 3.8) is 0 Å². The van der Waals surface area contributed by atoms with Crippen LogP contribution in [0.25, 0.3) is 0 Å². The molecule has 100 valence electrons. The fourth-order valence-corrected chi connectivity index (χ4v) is 1.88. The van der Waals surface area contributed by atoms with Gasteiger partial charge in [0.1, 0.15) is 5.75 Å². The van der Waals surface area contributed by atoms with E-state index in [-0.39, 0.29) is 27.2 Å². The molecule has 2 aromatic carbocycles. The van der Waals surface area contributed by atoms with Crippen molar-refractivity contribution in [3.8, 4) is 17.6 Å². The molecule has 0 N–H and O–H groups in total. The van der Waals surface area contributed by atoms with E-state index in [1.165, 1.54) is 36.4 Å². The smallest absolute Gasteiger partial charge is 0.313 e. The van der Waals surface area contributed by atoms with Crippen molar-refractivity contribution in [1.82, 2.24) is 0 Å². The van der Waals surface area contributed by atoms with Crippen molar-refractivity contribution in [2.75, 3.05) is 0 Å². The van der Waals surface area contributed by atoms with Crippen molar-refractivity contribution in [2.45, 2.75) is 0 Å². The van der Waals surface area contributed by atoms with Gasteiger partial charge in [-0.05, 0) is 30.3 Å². The first-order chi connectivity index (χ1) is 9.51. The summed E-state index contributed by atoms with van der Waals surface area (Å²) in [5.74, 6) is 0.238. The van der Waals surface area contributed by atoms with Gasteiger partial charge in [0.2, 0.25) is 5.75 Å². The van der Waals surface area contributed by atoms with Crippen LogP contribution >= 0.6 is 23.2 Å². The number of halogens is 2. The van der Waals surface area contributed by atoms with Gasteiger partial charge in [0.15, 0.2) is 0 Å². The summed E-state index contributed by atoms with van der Waals surface area (Å²) < 4.78 is 5.41. The van der Waals surface area contributed by atoms with E-state index in [0.717, 1.165) is 0 Å². The van der Waals surface area contributed by atoms with Crippen LogP contribution in [0.15, 0.2) is 36.4 Å². The molecule has 0 bridgehead atoms. The van der Waals surface area contributed by atoms with E-state index in [9.17, 15) is 10.1 Å². The lowest BCUT2D eigenvalue weighted by atomic mass is 10.2. The Morgan fingerprint density at radius 1 is 1.15 bits per heavy atom. The van der Waals surface area contributed by atoms with Crippen LogP contribution in [0.4, 0.5) is 5.69 Å². The molecule has 0 aliphatic rings. The van der Waals surface area contributed by atoms with E-state index in [0.29, 0.717) is 5.56 Å². The van der Waals surface area contributed by atoms with E-state index < -0.39 is 4.92 Å². The van der Waals surface area contributed by atoms with Gasteiger partial charge in [0, 0.05) is 11.1 Å². The van der Waals surface area contributed by atoms with Gasteiger partial charge in [-0.3, -0.25) is 10.1 Å². The largest absolute Gasteiger partial charge is 0.449 e. The highest BCUT2D eigenvalue weighted by Crippen LogP contribution is 2.36. The predicted molar refractivity (Wildman–Crippen MR) is 74.3 cm³/mol. The average Bonchev–Trinajstić information content (AvgIpc) is 2.42. The number of nitrogens with zero attached hydrogens (tertiary/aromatic N) is 2. The van der Waals surface area contributed by atoms with Crippen molar-refractivity contribution in [2.24, 2.45) is 0 Å². The molecule has 0 fully saturated rings. The lowest BCUT2D eigenvalue weighted by Gasteiger charge is -2.08. The van der Waals surface area contributed by atoms with Gasteiger partial charge in [0.05, 0.1) is 21.6 Å². The number of rotatable bonds is 3. The zero-order chi connectivity index (χ0) is 14.7. The molecule has 7 heteroatoms. The summed E-state index contributed by atoms with van der Waals surface area (Å²) in [6, 6.07) is 10.4. The minimum absolute atomic E-state index is 0.0195. The number of nitriles is 1. The van der Waals surface area contributed by atoms with Gasteiger partial charge < -0.3 is 4.74 Å². The van der Waals surface area contributed by atoms with E-state index in [4.69, 9.17) is 33.2 Å². The van der Waals surface area contributed by atoms with Crippen molar-refractivity contribution in [3.05, 3.63) is 62.1 Å². The van der Waals surface area contributed by atoms with Crippen LogP contribution in [0.5, 0.6) is 11.5 Å². The van der Waals surface area contributed by atoms with Crippen molar-refractivity contribution < 1.29 is 9.66 Å². The molecule has 0 unspecified atom stereocenters. The summed E-state index contributed by atoms with van der Waals surface area (Å²) in [5, 5.41) is 20.1. The van der Waals surface area contributed by atoms with Gasteiger partial charge in [-0.1, -0.05) is 23.2 Å². The molecule has 0 saturated heterocycles. The van der Waals surface area contributed by atoms with Gasteiger partial charge in [-0.2, -0.15) is 5.26 Å². The van der Waals surface area contributed by atoms with Gasteiger partial charge in [-0.15, -0.1) is 0 Å². The van der Waals surface area contributed by atoms with Crippen molar-refractivity contribution in [1.29, 1.82) is 5.26 Å². The lowest BCUT2D eigenvalue weighted by Crippen LogP contribution is -1.94. The summed E-state index contributed by atoms with van der Waals surface area (Å²) in [5.41, 5.74) is 0.103. The highest BCUT2D eigenvalue weighted by atomic mass is 35.5.